The van der Waals surface area contributed by atoms with Gasteiger partial charge in [-0.15, -0.1) is 22.6 Å². The molecule has 2 aliphatic rings. The molecule has 0 aromatic carbocycles. The number of hydrogen-bond donors (Lipinski definition) is 2. The van der Waals surface area contributed by atoms with Crippen LogP contribution >= 0.6 is 24.2 Å². The van der Waals surface area contributed by atoms with Crippen molar-refractivity contribution in [3.63, 3.8) is 0 Å². The number of ketones is 1. The number of rotatable bonds is 10. The summed E-state index contributed by atoms with van der Waals surface area (Å²) in [6.07, 6.45) is 6.00. The molecule has 2 heterocycles. The number of likely N-dealkylation sites (N-methyl/N-ethyl adjacent to an activating group) is 1. The molecule has 9 nitrogen and oxygen atoms in total. The van der Waals surface area contributed by atoms with E-state index in [-0.39, 0.29) is 53.0 Å². The maximum absolute atomic E-state index is 13.9. The van der Waals surface area contributed by atoms with E-state index >= 15 is 0 Å². The van der Waals surface area contributed by atoms with Crippen LogP contribution in [0, 0.1) is 11.8 Å². The van der Waals surface area contributed by atoms with E-state index in [1.54, 1.807) is 11.9 Å². The Labute approximate surface area is 225 Å². The summed E-state index contributed by atoms with van der Waals surface area (Å²) in [5.74, 6) is -0.603. The maximum Gasteiger partial charge on any atom is 0.286 e. The highest BCUT2D eigenvalue weighted by Gasteiger charge is 2.47. The monoisotopic (exact) mass is 543 g/mol. The zero-order chi connectivity index (χ0) is 25.6. The molecule has 36 heavy (non-hydrogen) atoms. The Morgan fingerprint density at radius 1 is 1.11 bits per heavy atom. The lowest BCUT2D eigenvalue weighted by atomic mass is 9.78. The molecular weight excluding hydrogens is 502 g/mol. The first-order chi connectivity index (χ1) is 16.6. The van der Waals surface area contributed by atoms with Crippen molar-refractivity contribution in [3.8, 4) is 0 Å². The minimum absolute atomic E-state index is 0. The third kappa shape index (κ3) is 7.44. The SMILES string of the molecule is CC(C)CC(NC(=O)C1(N(C)C(=O)C2CCNCC2)CCCCC1)C(=O)c1nnc(SC(C)C)o1.Cl. The number of halogens is 1. The molecule has 1 aromatic rings. The van der Waals surface area contributed by atoms with Crippen LogP contribution in [-0.4, -0.2) is 69.7 Å². The van der Waals surface area contributed by atoms with Crippen molar-refractivity contribution in [2.75, 3.05) is 20.1 Å². The molecule has 2 N–H and O–H groups in total. The lowest BCUT2D eigenvalue weighted by molar-refractivity contribution is -0.152. The smallest absolute Gasteiger partial charge is 0.286 e. The van der Waals surface area contributed by atoms with Crippen molar-refractivity contribution in [2.24, 2.45) is 11.8 Å². The Morgan fingerprint density at radius 3 is 2.33 bits per heavy atom. The summed E-state index contributed by atoms with van der Waals surface area (Å²) in [4.78, 5) is 42.4. The molecule has 1 saturated carbocycles. The number of carbonyl (C=O) groups excluding carboxylic acids is 3. The van der Waals surface area contributed by atoms with Gasteiger partial charge in [0, 0.05) is 18.2 Å². The Morgan fingerprint density at radius 2 is 1.75 bits per heavy atom. The molecule has 204 valence electrons. The fourth-order valence-electron chi connectivity index (χ4n) is 5.11. The number of aromatic nitrogens is 2. The van der Waals surface area contributed by atoms with E-state index < -0.39 is 11.6 Å². The molecule has 2 fully saturated rings. The molecule has 3 rings (SSSR count). The predicted molar refractivity (Wildman–Crippen MR) is 142 cm³/mol. The highest BCUT2D eigenvalue weighted by atomic mass is 35.5. The van der Waals surface area contributed by atoms with Crippen molar-refractivity contribution >= 4 is 41.8 Å². The maximum atomic E-state index is 13.9. The van der Waals surface area contributed by atoms with Crippen LogP contribution in [-0.2, 0) is 9.59 Å². The van der Waals surface area contributed by atoms with Gasteiger partial charge >= 0.3 is 0 Å². The summed E-state index contributed by atoms with van der Waals surface area (Å²) < 4.78 is 5.61. The quantitative estimate of drug-likeness (QED) is 0.337. The number of carbonyl (C=O) groups is 3. The second-order valence-electron chi connectivity index (χ2n) is 10.6. The van der Waals surface area contributed by atoms with Gasteiger partial charge < -0.3 is 20.0 Å². The number of piperidine rings is 1. The van der Waals surface area contributed by atoms with Crippen molar-refractivity contribution in [3.05, 3.63) is 5.89 Å². The van der Waals surface area contributed by atoms with E-state index in [0.29, 0.717) is 24.5 Å². The van der Waals surface area contributed by atoms with Crippen LogP contribution in [0.2, 0.25) is 0 Å². The third-order valence-electron chi connectivity index (χ3n) is 7.05. The van der Waals surface area contributed by atoms with E-state index in [2.05, 4.69) is 20.8 Å². The highest BCUT2D eigenvalue weighted by molar-refractivity contribution is 7.99. The van der Waals surface area contributed by atoms with Crippen LogP contribution in [0.1, 0.15) is 89.7 Å². The van der Waals surface area contributed by atoms with Crippen LogP contribution in [0.15, 0.2) is 9.64 Å². The van der Waals surface area contributed by atoms with E-state index in [9.17, 15) is 14.4 Å². The fraction of sp³-hybridized carbons (Fsp3) is 0.800. The molecule has 11 heteroatoms. The molecule has 1 atom stereocenters. The second-order valence-corrected chi connectivity index (χ2v) is 12.1. The molecule has 0 radical (unpaired) electrons. The van der Waals surface area contributed by atoms with Gasteiger partial charge in [-0.3, -0.25) is 14.4 Å². The Kier molecular flexibility index (Phi) is 11.7. The second kappa shape index (κ2) is 13.8. The number of amides is 2. The average Bonchev–Trinajstić information content (AvgIpc) is 3.30. The average molecular weight is 544 g/mol. The standard InChI is InChI=1S/C25H41N5O4S.ClH/c1-16(2)15-19(20(31)21-28-29-24(34-21)35-17(3)4)27-23(33)25(11-7-6-8-12-25)30(5)22(32)18-9-13-26-14-10-18;/h16-19,26H,6-15H2,1-5H3,(H,27,33);1H. The molecular formula is C25H42ClN5O4S. The number of nitrogens with one attached hydrogen (secondary N) is 2. The fourth-order valence-corrected chi connectivity index (χ4v) is 5.73. The van der Waals surface area contributed by atoms with Gasteiger partial charge in [-0.05, 0) is 51.1 Å². The molecule has 1 aromatic heterocycles. The topological polar surface area (TPSA) is 117 Å². The summed E-state index contributed by atoms with van der Waals surface area (Å²) in [5, 5.41) is 14.8. The van der Waals surface area contributed by atoms with Gasteiger partial charge in [0.15, 0.2) is 0 Å². The molecule has 0 spiro atoms. The molecule has 1 saturated heterocycles. The van der Waals surface area contributed by atoms with Gasteiger partial charge in [0.05, 0.1) is 6.04 Å². The lowest BCUT2D eigenvalue weighted by Crippen LogP contribution is -2.63. The Bertz CT molecular complexity index is 882. The molecule has 1 aliphatic heterocycles. The van der Waals surface area contributed by atoms with Crippen LogP contribution in [0.5, 0.6) is 0 Å². The zero-order valence-electron chi connectivity index (χ0n) is 22.2. The largest absolute Gasteiger partial charge is 0.408 e. The van der Waals surface area contributed by atoms with Gasteiger partial charge in [0.1, 0.15) is 5.54 Å². The Balaban J connectivity index is 0.00000456. The highest BCUT2D eigenvalue weighted by Crippen LogP contribution is 2.35. The third-order valence-corrected chi connectivity index (χ3v) is 7.89. The van der Waals surface area contributed by atoms with Gasteiger partial charge in [-0.1, -0.05) is 58.7 Å². The molecule has 0 bridgehead atoms. The van der Waals surface area contributed by atoms with Crippen molar-refractivity contribution in [1.82, 2.24) is 25.7 Å². The summed E-state index contributed by atoms with van der Waals surface area (Å²) >= 11 is 1.39. The minimum atomic E-state index is -0.941. The van der Waals surface area contributed by atoms with Gasteiger partial charge in [-0.2, -0.15) is 0 Å². The van der Waals surface area contributed by atoms with E-state index in [4.69, 9.17) is 4.42 Å². The number of hydrogen-bond acceptors (Lipinski definition) is 8. The van der Waals surface area contributed by atoms with E-state index in [1.807, 2.05) is 27.7 Å². The van der Waals surface area contributed by atoms with E-state index in [0.717, 1.165) is 45.2 Å². The summed E-state index contributed by atoms with van der Waals surface area (Å²) in [6.45, 7) is 9.64. The lowest BCUT2D eigenvalue weighted by Gasteiger charge is -2.45. The number of nitrogens with zero attached hydrogens (tertiary/aromatic N) is 3. The van der Waals surface area contributed by atoms with Crippen LogP contribution in [0.3, 0.4) is 0 Å². The van der Waals surface area contributed by atoms with Crippen LogP contribution in [0.4, 0.5) is 0 Å². The molecule has 1 aliphatic carbocycles. The first kappa shape index (κ1) is 30.6. The number of Topliss-reactive ketones (excluding diaryl/α,β-unsaturated/α-hetero) is 1. The minimum Gasteiger partial charge on any atom is -0.408 e. The predicted octanol–water partition coefficient (Wildman–Crippen LogP) is 3.87. The van der Waals surface area contributed by atoms with Crippen LogP contribution in [0.25, 0.3) is 0 Å². The molecule has 2 amide bonds. The number of thioether (sulfide) groups is 1. The summed E-state index contributed by atoms with van der Waals surface area (Å²) in [5.41, 5.74) is -0.941. The molecule has 1 unspecified atom stereocenters. The normalized spacial score (nSPS) is 19.0. The van der Waals surface area contributed by atoms with Crippen LogP contribution < -0.4 is 10.6 Å². The summed E-state index contributed by atoms with van der Waals surface area (Å²) in [6, 6.07) is -0.791. The van der Waals surface area contributed by atoms with Gasteiger partial charge in [0.25, 0.3) is 11.1 Å². The Hall–Kier alpha value is -1.65. The van der Waals surface area contributed by atoms with Crippen molar-refractivity contribution in [1.29, 1.82) is 0 Å². The van der Waals surface area contributed by atoms with Crippen molar-refractivity contribution < 1.29 is 18.8 Å². The van der Waals surface area contributed by atoms with Crippen molar-refractivity contribution in [2.45, 2.75) is 101 Å². The first-order valence-corrected chi connectivity index (χ1v) is 13.9. The zero-order valence-corrected chi connectivity index (χ0v) is 23.8. The van der Waals surface area contributed by atoms with Gasteiger partial charge in [0.2, 0.25) is 17.6 Å². The first-order valence-electron chi connectivity index (χ1n) is 13.0. The summed E-state index contributed by atoms with van der Waals surface area (Å²) in [7, 11) is 1.77. The van der Waals surface area contributed by atoms with E-state index in [1.165, 1.54) is 11.8 Å². The van der Waals surface area contributed by atoms with Gasteiger partial charge in [-0.25, -0.2) is 0 Å².